The average molecular weight is 196 g/mol. The quantitative estimate of drug-likeness (QED) is 0.633. The number of hydrogen-bond donors (Lipinski definition) is 0. The van der Waals surface area contributed by atoms with E-state index in [0.29, 0.717) is 0 Å². The number of hydrogen-bond acceptors (Lipinski definition) is 3. The fraction of sp³-hybridized carbons (Fsp3) is 0.545. The smallest absolute Gasteiger partial charge is 0.155 e. The van der Waals surface area contributed by atoms with Crippen LogP contribution in [0.25, 0.3) is 0 Å². The van der Waals surface area contributed by atoms with E-state index in [-0.39, 0.29) is 23.8 Å². The minimum atomic E-state index is -0.0625. The lowest BCUT2D eigenvalue weighted by Crippen LogP contribution is -1.97. The molecule has 78 valence electrons. The minimum Gasteiger partial charge on any atom is -0.300 e. The van der Waals surface area contributed by atoms with Gasteiger partial charge in [0.1, 0.15) is 11.6 Å². The molecule has 0 atom stereocenters. The van der Waals surface area contributed by atoms with Crippen LogP contribution in [0.1, 0.15) is 39.5 Å². The molecule has 3 heteroatoms. The van der Waals surface area contributed by atoms with Crippen molar-refractivity contribution >= 4 is 17.3 Å². The monoisotopic (exact) mass is 196 g/mol. The summed E-state index contributed by atoms with van der Waals surface area (Å²) in [6.07, 6.45) is 6.59. The SMILES string of the molecule is CC(=O)CC(C)=O.O=C1C=CCCC1. The molecule has 0 aromatic carbocycles. The molecule has 0 saturated heterocycles. The van der Waals surface area contributed by atoms with Crippen molar-refractivity contribution in [1.82, 2.24) is 0 Å². The van der Waals surface area contributed by atoms with Crippen LogP contribution in [0.15, 0.2) is 12.2 Å². The van der Waals surface area contributed by atoms with Crippen molar-refractivity contribution in [1.29, 1.82) is 0 Å². The maximum absolute atomic E-state index is 10.4. The van der Waals surface area contributed by atoms with Gasteiger partial charge in [0.05, 0.1) is 6.42 Å². The van der Waals surface area contributed by atoms with Crippen molar-refractivity contribution < 1.29 is 14.4 Å². The molecule has 0 unspecified atom stereocenters. The molecular formula is C11H16O3. The number of ketones is 3. The molecule has 0 N–H and O–H groups in total. The first-order valence-electron chi connectivity index (χ1n) is 4.70. The van der Waals surface area contributed by atoms with E-state index in [0.717, 1.165) is 19.3 Å². The molecule has 0 radical (unpaired) electrons. The van der Waals surface area contributed by atoms with Crippen LogP contribution < -0.4 is 0 Å². The van der Waals surface area contributed by atoms with Crippen LogP contribution in [0.3, 0.4) is 0 Å². The average Bonchev–Trinajstić information content (AvgIpc) is 2.03. The third-order valence-corrected chi connectivity index (χ3v) is 1.60. The highest BCUT2D eigenvalue weighted by Crippen LogP contribution is 2.04. The first kappa shape index (κ1) is 12.8. The Kier molecular flexibility index (Phi) is 6.54. The van der Waals surface area contributed by atoms with Gasteiger partial charge in [-0.15, -0.1) is 0 Å². The Morgan fingerprint density at radius 3 is 2.00 bits per heavy atom. The Morgan fingerprint density at radius 1 is 1.29 bits per heavy atom. The van der Waals surface area contributed by atoms with Crippen molar-refractivity contribution in [3.63, 3.8) is 0 Å². The molecule has 0 heterocycles. The summed E-state index contributed by atoms with van der Waals surface area (Å²) in [6, 6.07) is 0. The zero-order valence-corrected chi connectivity index (χ0v) is 8.71. The van der Waals surface area contributed by atoms with Crippen molar-refractivity contribution in [2.75, 3.05) is 0 Å². The summed E-state index contributed by atoms with van der Waals surface area (Å²) in [4.78, 5) is 30.4. The van der Waals surface area contributed by atoms with Gasteiger partial charge < -0.3 is 0 Å². The molecule has 0 spiro atoms. The zero-order valence-electron chi connectivity index (χ0n) is 8.71. The topological polar surface area (TPSA) is 51.2 Å². The molecule has 0 bridgehead atoms. The standard InChI is InChI=1S/C6H8O.C5H8O2/c7-6-4-2-1-3-5-6;1-4(6)3-5(2)7/h2,4H,1,3,5H2;3H2,1-2H3. The van der Waals surface area contributed by atoms with E-state index in [4.69, 9.17) is 0 Å². The lowest BCUT2D eigenvalue weighted by molar-refractivity contribution is -0.124. The van der Waals surface area contributed by atoms with Gasteiger partial charge in [0, 0.05) is 6.42 Å². The Balaban J connectivity index is 0.000000241. The van der Waals surface area contributed by atoms with Crippen molar-refractivity contribution in [2.45, 2.75) is 39.5 Å². The number of carbonyl (C=O) groups is 3. The molecule has 0 saturated carbocycles. The van der Waals surface area contributed by atoms with E-state index in [1.54, 1.807) is 6.08 Å². The third-order valence-electron chi connectivity index (χ3n) is 1.60. The predicted molar refractivity (Wildman–Crippen MR) is 54.0 cm³/mol. The van der Waals surface area contributed by atoms with Gasteiger partial charge in [-0.1, -0.05) is 6.08 Å². The molecule has 0 fully saturated rings. The second-order valence-electron chi connectivity index (χ2n) is 3.34. The minimum absolute atomic E-state index is 0.0625. The van der Waals surface area contributed by atoms with Gasteiger partial charge >= 0.3 is 0 Å². The number of Topliss-reactive ketones (excluding diaryl/α,β-unsaturated/α-hetero) is 2. The molecule has 1 aliphatic carbocycles. The van der Waals surface area contributed by atoms with E-state index >= 15 is 0 Å². The van der Waals surface area contributed by atoms with Crippen LogP contribution in [0, 0.1) is 0 Å². The summed E-state index contributed by atoms with van der Waals surface area (Å²) in [6.45, 7) is 2.81. The molecule has 3 nitrogen and oxygen atoms in total. The van der Waals surface area contributed by atoms with Crippen LogP contribution >= 0.6 is 0 Å². The van der Waals surface area contributed by atoms with Gasteiger partial charge in [-0.25, -0.2) is 0 Å². The summed E-state index contributed by atoms with van der Waals surface area (Å²) >= 11 is 0. The largest absolute Gasteiger partial charge is 0.300 e. The van der Waals surface area contributed by atoms with E-state index in [9.17, 15) is 14.4 Å². The van der Waals surface area contributed by atoms with Crippen molar-refractivity contribution in [3.05, 3.63) is 12.2 Å². The Hall–Kier alpha value is -1.25. The maximum Gasteiger partial charge on any atom is 0.155 e. The van der Waals surface area contributed by atoms with Crippen LogP contribution in [-0.4, -0.2) is 17.3 Å². The zero-order chi connectivity index (χ0) is 11.0. The van der Waals surface area contributed by atoms with E-state index in [2.05, 4.69) is 0 Å². The fourth-order valence-electron chi connectivity index (χ4n) is 1.04. The Morgan fingerprint density at radius 2 is 1.86 bits per heavy atom. The number of rotatable bonds is 2. The van der Waals surface area contributed by atoms with Gasteiger partial charge in [0.25, 0.3) is 0 Å². The molecule has 0 amide bonds. The normalized spacial score (nSPS) is 14.3. The lowest BCUT2D eigenvalue weighted by atomic mass is 10.1. The summed E-state index contributed by atoms with van der Waals surface area (Å²) in [5, 5.41) is 0. The van der Waals surface area contributed by atoms with Gasteiger partial charge in [-0.3, -0.25) is 14.4 Å². The molecule has 14 heavy (non-hydrogen) atoms. The maximum atomic E-state index is 10.4. The molecular weight excluding hydrogens is 180 g/mol. The molecule has 1 aliphatic rings. The third kappa shape index (κ3) is 8.84. The highest BCUT2D eigenvalue weighted by atomic mass is 16.1. The van der Waals surface area contributed by atoms with Gasteiger partial charge in [0.15, 0.2) is 5.78 Å². The number of allylic oxidation sites excluding steroid dienone is 2. The molecule has 0 aromatic heterocycles. The molecule has 0 aliphatic heterocycles. The van der Waals surface area contributed by atoms with Crippen LogP contribution in [0.2, 0.25) is 0 Å². The molecule has 1 rings (SSSR count). The van der Waals surface area contributed by atoms with E-state index < -0.39 is 0 Å². The Labute approximate surface area is 84.2 Å². The first-order chi connectivity index (χ1) is 6.52. The highest BCUT2D eigenvalue weighted by Gasteiger charge is 1.98. The lowest BCUT2D eigenvalue weighted by Gasteiger charge is -1.97. The van der Waals surface area contributed by atoms with E-state index in [1.807, 2.05) is 6.08 Å². The summed E-state index contributed by atoms with van der Waals surface area (Å²) in [5.74, 6) is 0.159. The van der Waals surface area contributed by atoms with Crippen LogP contribution in [0.5, 0.6) is 0 Å². The number of carbonyl (C=O) groups excluding carboxylic acids is 3. The molecule has 0 aromatic rings. The predicted octanol–water partition coefficient (Wildman–Crippen LogP) is 1.85. The highest BCUT2D eigenvalue weighted by molar-refractivity contribution is 5.96. The fourth-order valence-corrected chi connectivity index (χ4v) is 1.04. The summed E-state index contributed by atoms with van der Waals surface area (Å²) in [5.41, 5.74) is 0. The van der Waals surface area contributed by atoms with Gasteiger partial charge in [-0.2, -0.15) is 0 Å². The van der Waals surface area contributed by atoms with Crippen molar-refractivity contribution in [3.8, 4) is 0 Å². The summed E-state index contributed by atoms with van der Waals surface area (Å²) in [7, 11) is 0. The van der Waals surface area contributed by atoms with Gasteiger partial charge in [-0.05, 0) is 32.8 Å². The van der Waals surface area contributed by atoms with Crippen LogP contribution in [-0.2, 0) is 14.4 Å². The Bertz CT molecular complexity index is 239. The van der Waals surface area contributed by atoms with Crippen molar-refractivity contribution in [2.24, 2.45) is 0 Å². The van der Waals surface area contributed by atoms with Crippen LogP contribution in [0.4, 0.5) is 0 Å². The van der Waals surface area contributed by atoms with E-state index in [1.165, 1.54) is 13.8 Å². The van der Waals surface area contributed by atoms with Gasteiger partial charge in [0.2, 0.25) is 0 Å². The summed E-state index contributed by atoms with van der Waals surface area (Å²) < 4.78 is 0. The second-order valence-corrected chi connectivity index (χ2v) is 3.34. The second kappa shape index (κ2) is 7.18. The first-order valence-corrected chi connectivity index (χ1v) is 4.70.